The quantitative estimate of drug-likeness (QED) is 0.521. The molecule has 0 bridgehead atoms. The molecule has 24 heavy (non-hydrogen) atoms. The molecule has 122 valence electrons. The van der Waals surface area contributed by atoms with Gasteiger partial charge in [-0.15, -0.1) is 0 Å². The molecular weight excluding hydrogens is 290 g/mol. The topological polar surface area (TPSA) is 12.9 Å². The summed E-state index contributed by atoms with van der Waals surface area (Å²) in [6.07, 6.45) is 6.47. The molecule has 1 fully saturated rings. The number of rotatable bonds is 2. The normalized spacial score (nSPS) is 16.9. The van der Waals surface area contributed by atoms with E-state index in [9.17, 15) is 0 Å². The van der Waals surface area contributed by atoms with Crippen LogP contribution in [0.1, 0.15) is 57.5 Å². The summed E-state index contributed by atoms with van der Waals surface area (Å²) in [4.78, 5) is 4.47. The van der Waals surface area contributed by atoms with Crippen LogP contribution in [0.3, 0.4) is 0 Å². The molecule has 0 unspecified atom stereocenters. The number of aromatic nitrogens is 1. The second-order valence-corrected chi connectivity index (χ2v) is 7.21. The molecule has 3 aromatic rings. The first-order valence-electron chi connectivity index (χ1n) is 10.0. The maximum Gasteiger partial charge on any atom is 0.0840 e. The average molecular weight is 317 g/mol. The van der Waals surface area contributed by atoms with Crippen molar-refractivity contribution >= 4 is 10.8 Å². The number of benzene rings is 2. The highest BCUT2D eigenvalue weighted by atomic mass is 14.7. The number of fused-ring (bicyclic) bond motifs is 1. The summed E-state index contributed by atoms with van der Waals surface area (Å²) in [5, 5.41) is 1.85. The van der Waals surface area contributed by atoms with Gasteiger partial charge in [0, 0.05) is 17.1 Å². The van der Waals surface area contributed by atoms with E-state index in [1.807, 2.05) is 0 Å². The molecule has 1 aromatic heterocycles. The van der Waals surface area contributed by atoms with Gasteiger partial charge < -0.3 is 0 Å². The van der Waals surface area contributed by atoms with Gasteiger partial charge in [-0.3, -0.25) is 4.98 Å². The van der Waals surface area contributed by atoms with Gasteiger partial charge in [-0.25, -0.2) is 0 Å². The zero-order valence-corrected chi connectivity index (χ0v) is 14.5. The van der Waals surface area contributed by atoms with Crippen LogP contribution < -0.4 is 0 Å². The molecule has 1 heteroatoms. The van der Waals surface area contributed by atoms with Crippen LogP contribution in [0, 0.1) is 13.8 Å². The maximum absolute atomic E-state index is 8.39. The number of hydrogen-bond donors (Lipinski definition) is 0. The first-order valence-corrected chi connectivity index (χ1v) is 9.02. The molecule has 2 aromatic carbocycles. The second-order valence-electron chi connectivity index (χ2n) is 7.21. The monoisotopic (exact) mass is 317 g/mol. The third-order valence-electron chi connectivity index (χ3n) is 5.23. The van der Waals surface area contributed by atoms with Gasteiger partial charge >= 0.3 is 0 Å². The van der Waals surface area contributed by atoms with Gasteiger partial charge in [-0.1, -0.05) is 54.7 Å². The van der Waals surface area contributed by atoms with Gasteiger partial charge in [0.05, 0.1) is 8.44 Å². The predicted octanol–water partition coefficient (Wildman–Crippen LogP) is 6.57. The summed E-state index contributed by atoms with van der Waals surface area (Å²) in [7, 11) is 0. The van der Waals surface area contributed by atoms with Crippen LogP contribution in [0.15, 0.2) is 48.6 Å². The standard InChI is InChI=1S/C23H25N/c1-16-12-17(2)14-21(13-16)23-22-9-8-19(15-20(22)10-11-24-23)18-6-4-3-5-7-18/h8-15,18H,3-7H2,1-2H3/i10D,11D. The number of nitrogens with zero attached hydrogens (tertiary/aromatic N) is 1. The predicted molar refractivity (Wildman–Crippen MR) is 102 cm³/mol. The van der Waals surface area contributed by atoms with Crippen LogP contribution in [-0.2, 0) is 0 Å². The molecule has 4 rings (SSSR count). The minimum atomic E-state index is 0.0625. The van der Waals surface area contributed by atoms with Gasteiger partial charge in [0.2, 0.25) is 0 Å². The Labute approximate surface area is 147 Å². The fourth-order valence-corrected chi connectivity index (χ4v) is 4.10. The summed E-state index contributed by atoms with van der Waals surface area (Å²) < 4.78 is 16.6. The summed E-state index contributed by atoms with van der Waals surface area (Å²) in [5.41, 5.74) is 5.56. The molecule has 0 saturated heterocycles. The van der Waals surface area contributed by atoms with Crippen molar-refractivity contribution in [2.24, 2.45) is 0 Å². The Balaban J connectivity index is 1.90. The SMILES string of the molecule is [2H]c1nc(-c2cc(C)cc(C)c2)c2ccc(C3CCCCC3)cc2c1[2H]. The summed E-state index contributed by atoms with van der Waals surface area (Å²) >= 11 is 0. The van der Waals surface area contributed by atoms with Crippen molar-refractivity contribution in [1.82, 2.24) is 4.98 Å². The van der Waals surface area contributed by atoms with E-state index in [1.165, 1.54) is 48.8 Å². The number of pyridine rings is 1. The molecule has 1 aliphatic rings. The molecule has 0 radical (unpaired) electrons. The number of hydrogen-bond acceptors (Lipinski definition) is 1. The van der Waals surface area contributed by atoms with Crippen LogP contribution in [0.5, 0.6) is 0 Å². The molecular formula is C23H25N. The first-order chi connectivity index (χ1) is 12.5. The smallest absolute Gasteiger partial charge is 0.0840 e. The number of aryl methyl sites for hydroxylation is 2. The van der Waals surface area contributed by atoms with Gasteiger partial charge in [0.15, 0.2) is 0 Å². The van der Waals surface area contributed by atoms with Crippen molar-refractivity contribution in [1.29, 1.82) is 0 Å². The second kappa shape index (κ2) is 6.39. The van der Waals surface area contributed by atoms with Crippen molar-refractivity contribution in [3.05, 3.63) is 65.3 Å². The molecule has 0 atom stereocenters. The zero-order valence-electron chi connectivity index (χ0n) is 16.5. The average Bonchev–Trinajstić information content (AvgIpc) is 2.64. The third kappa shape index (κ3) is 2.96. The zero-order chi connectivity index (χ0) is 18.3. The Bertz CT molecular complexity index is 951. The Morgan fingerprint density at radius 3 is 2.46 bits per heavy atom. The summed E-state index contributed by atoms with van der Waals surface area (Å²) in [5.74, 6) is 0.597. The van der Waals surface area contributed by atoms with Crippen molar-refractivity contribution in [3.63, 3.8) is 0 Å². The van der Waals surface area contributed by atoms with Crippen LogP contribution in [-0.4, -0.2) is 4.98 Å². The van der Waals surface area contributed by atoms with Gasteiger partial charge in [0.25, 0.3) is 0 Å². The lowest BCUT2D eigenvalue weighted by Crippen LogP contribution is -2.04. The molecule has 0 spiro atoms. The van der Waals surface area contributed by atoms with E-state index in [4.69, 9.17) is 2.74 Å². The summed E-state index contributed by atoms with van der Waals surface area (Å²) in [6.45, 7) is 4.17. The fraction of sp³-hybridized carbons (Fsp3) is 0.348. The van der Waals surface area contributed by atoms with E-state index in [0.717, 1.165) is 22.0 Å². The molecule has 1 nitrogen and oxygen atoms in total. The Hall–Kier alpha value is -2.15. The first kappa shape index (κ1) is 13.2. The molecule has 1 heterocycles. The van der Waals surface area contributed by atoms with Crippen LogP contribution in [0.4, 0.5) is 0 Å². The van der Waals surface area contributed by atoms with Crippen molar-refractivity contribution in [2.45, 2.75) is 51.9 Å². The molecule has 0 N–H and O–H groups in total. The highest BCUT2D eigenvalue weighted by molar-refractivity contribution is 5.95. The molecule has 1 aliphatic carbocycles. The Morgan fingerprint density at radius 1 is 0.958 bits per heavy atom. The van der Waals surface area contributed by atoms with E-state index in [2.05, 4.69) is 55.2 Å². The van der Waals surface area contributed by atoms with Gasteiger partial charge in [-0.05, 0) is 61.7 Å². The minimum absolute atomic E-state index is 0.0625. The Kier molecular flexibility index (Phi) is 3.51. The largest absolute Gasteiger partial charge is 0.256 e. The highest BCUT2D eigenvalue weighted by Gasteiger charge is 2.16. The van der Waals surface area contributed by atoms with Crippen LogP contribution >= 0.6 is 0 Å². The van der Waals surface area contributed by atoms with Crippen molar-refractivity contribution in [3.8, 4) is 11.3 Å². The van der Waals surface area contributed by atoms with Gasteiger partial charge in [-0.2, -0.15) is 0 Å². The third-order valence-corrected chi connectivity index (χ3v) is 5.23. The van der Waals surface area contributed by atoms with Crippen molar-refractivity contribution < 1.29 is 2.74 Å². The molecule has 1 saturated carbocycles. The lowest BCUT2D eigenvalue weighted by atomic mass is 9.83. The van der Waals surface area contributed by atoms with E-state index in [-0.39, 0.29) is 12.2 Å². The van der Waals surface area contributed by atoms with Crippen LogP contribution in [0.2, 0.25) is 0 Å². The Morgan fingerprint density at radius 2 is 1.71 bits per heavy atom. The maximum atomic E-state index is 8.39. The van der Waals surface area contributed by atoms with Crippen LogP contribution in [0.25, 0.3) is 22.0 Å². The minimum Gasteiger partial charge on any atom is -0.256 e. The van der Waals surface area contributed by atoms with Gasteiger partial charge in [0.1, 0.15) is 0 Å². The van der Waals surface area contributed by atoms with E-state index < -0.39 is 0 Å². The highest BCUT2D eigenvalue weighted by Crippen LogP contribution is 2.35. The van der Waals surface area contributed by atoms with Crippen molar-refractivity contribution in [2.75, 3.05) is 0 Å². The van der Waals surface area contributed by atoms with E-state index in [0.29, 0.717) is 5.92 Å². The molecule has 0 amide bonds. The summed E-state index contributed by atoms with van der Waals surface area (Å²) in [6, 6.07) is 13.1. The van der Waals surface area contributed by atoms with E-state index >= 15 is 0 Å². The lowest BCUT2D eigenvalue weighted by molar-refractivity contribution is 0.444. The molecule has 0 aliphatic heterocycles. The lowest BCUT2D eigenvalue weighted by Gasteiger charge is -2.22. The van der Waals surface area contributed by atoms with E-state index in [1.54, 1.807) is 0 Å². The fourth-order valence-electron chi connectivity index (χ4n) is 4.10.